The maximum absolute atomic E-state index is 12.2. The molecule has 0 aliphatic heterocycles. The van der Waals surface area contributed by atoms with E-state index in [-0.39, 0.29) is 19.6 Å². The minimum atomic E-state index is -1.40. The van der Waals surface area contributed by atoms with Crippen molar-refractivity contribution in [2.45, 2.75) is 34.1 Å². The van der Waals surface area contributed by atoms with Crippen LogP contribution in [0.25, 0.3) is 0 Å². The largest absolute Gasteiger partial charge is 0.465 e. The van der Waals surface area contributed by atoms with Crippen molar-refractivity contribution in [3.63, 3.8) is 0 Å². The van der Waals surface area contributed by atoms with Crippen molar-refractivity contribution in [2.24, 2.45) is 5.41 Å². The number of rotatable bonds is 7. The van der Waals surface area contributed by atoms with Crippen LogP contribution in [0.3, 0.4) is 0 Å². The zero-order chi connectivity index (χ0) is 14.2. The van der Waals surface area contributed by atoms with Crippen molar-refractivity contribution in [2.75, 3.05) is 13.2 Å². The first-order chi connectivity index (χ1) is 8.50. The lowest BCUT2D eigenvalue weighted by atomic mass is 9.77. The molecule has 0 aromatic rings. The van der Waals surface area contributed by atoms with Crippen molar-refractivity contribution in [1.82, 2.24) is 0 Å². The van der Waals surface area contributed by atoms with Gasteiger partial charge in [-0.05, 0) is 39.7 Å². The molecule has 0 heterocycles. The van der Waals surface area contributed by atoms with Gasteiger partial charge >= 0.3 is 11.9 Å². The highest BCUT2D eigenvalue weighted by atomic mass is 16.6. The first kappa shape index (κ1) is 16.4. The molecule has 0 atom stereocenters. The third kappa shape index (κ3) is 3.22. The maximum atomic E-state index is 12.2. The number of ether oxygens (including phenoxy) is 2. The Balaban J connectivity index is 5.63. The van der Waals surface area contributed by atoms with Crippen LogP contribution in [0.1, 0.15) is 34.1 Å². The predicted octanol–water partition coefficient (Wildman–Crippen LogP) is 2.64. The Kier molecular flexibility index (Phi) is 7.01. The molecule has 0 rings (SSSR count). The smallest absolute Gasteiger partial charge is 0.328 e. The molecule has 0 aliphatic carbocycles. The Hall–Kier alpha value is -1.58. The average Bonchev–Trinajstić information content (AvgIpc) is 2.35. The first-order valence-corrected chi connectivity index (χ1v) is 6.09. The van der Waals surface area contributed by atoms with Crippen LogP contribution in [0, 0.1) is 5.41 Å². The van der Waals surface area contributed by atoms with Crippen molar-refractivity contribution >= 4 is 11.9 Å². The van der Waals surface area contributed by atoms with E-state index in [0.29, 0.717) is 5.57 Å². The lowest BCUT2D eigenvalue weighted by Crippen LogP contribution is -2.43. The second-order valence-electron chi connectivity index (χ2n) is 3.81. The summed E-state index contributed by atoms with van der Waals surface area (Å²) in [6.45, 7) is 10.9. The highest BCUT2D eigenvalue weighted by Crippen LogP contribution is 2.35. The molecule has 0 spiro atoms. The van der Waals surface area contributed by atoms with Gasteiger partial charge in [-0.25, -0.2) is 0 Å². The van der Waals surface area contributed by atoms with Crippen LogP contribution in [-0.2, 0) is 19.1 Å². The summed E-state index contributed by atoms with van der Waals surface area (Å²) in [5.74, 6) is -1.17. The summed E-state index contributed by atoms with van der Waals surface area (Å²) in [5.41, 5.74) is -0.790. The summed E-state index contributed by atoms with van der Waals surface area (Å²) < 4.78 is 10.0. The van der Waals surface area contributed by atoms with Gasteiger partial charge in [-0.2, -0.15) is 0 Å². The zero-order valence-electron chi connectivity index (χ0n) is 11.6. The molecule has 0 aromatic heterocycles. The van der Waals surface area contributed by atoms with Gasteiger partial charge in [-0.15, -0.1) is 6.58 Å². The highest BCUT2D eigenvalue weighted by Gasteiger charge is 2.49. The molecule has 0 amide bonds. The number of allylic oxidation sites excluding steroid dienone is 2. The zero-order valence-corrected chi connectivity index (χ0v) is 11.6. The molecule has 0 saturated carbocycles. The summed E-state index contributed by atoms with van der Waals surface area (Å²) in [6, 6.07) is 0. The quantitative estimate of drug-likeness (QED) is 0.398. The Morgan fingerprint density at radius 1 is 1.17 bits per heavy atom. The number of carbonyl (C=O) groups is 2. The SMILES string of the molecule is C=CCC(C(=O)OCC)(C(=O)OCC)/C(C)=C\C. The van der Waals surface area contributed by atoms with E-state index in [0.717, 1.165) is 0 Å². The van der Waals surface area contributed by atoms with E-state index in [2.05, 4.69) is 6.58 Å². The van der Waals surface area contributed by atoms with E-state index in [1.165, 1.54) is 6.08 Å². The molecule has 0 unspecified atom stereocenters. The van der Waals surface area contributed by atoms with E-state index in [4.69, 9.17) is 9.47 Å². The second kappa shape index (κ2) is 7.69. The predicted molar refractivity (Wildman–Crippen MR) is 69.9 cm³/mol. The molecular formula is C14H22O4. The monoisotopic (exact) mass is 254 g/mol. The Morgan fingerprint density at radius 3 is 1.89 bits per heavy atom. The summed E-state index contributed by atoms with van der Waals surface area (Å²) in [7, 11) is 0. The maximum Gasteiger partial charge on any atom is 0.328 e. The Bertz CT molecular complexity index is 324. The van der Waals surface area contributed by atoms with Crippen LogP contribution in [0.15, 0.2) is 24.3 Å². The van der Waals surface area contributed by atoms with Gasteiger partial charge in [0.2, 0.25) is 0 Å². The molecule has 4 heteroatoms. The summed E-state index contributed by atoms with van der Waals surface area (Å²) in [6.07, 6.45) is 3.42. The number of esters is 2. The van der Waals surface area contributed by atoms with Gasteiger partial charge < -0.3 is 9.47 Å². The normalized spacial score (nSPS) is 11.9. The van der Waals surface area contributed by atoms with Crippen LogP contribution in [0.4, 0.5) is 0 Å². The molecule has 102 valence electrons. The van der Waals surface area contributed by atoms with Gasteiger partial charge in [0.1, 0.15) is 0 Å². The van der Waals surface area contributed by atoms with Gasteiger partial charge in [-0.1, -0.05) is 12.2 Å². The lowest BCUT2D eigenvalue weighted by molar-refractivity contribution is -0.168. The third-order valence-electron chi connectivity index (χ3n) is 2.80. The average molecular weight is 254 g/mol. The molecule has 18 heavy (non-hydrogen) atoms. The summed E-state index contributed by atoms with van der Waals surface area (Å²) in [5, 5.41) is 0. The van der Waals surface area contributed by atoms with Gasteiger partial charge in [-0.3, -0.25) is 9.59 Å². The minimum Gasteiger partial charge on any atom is -0.465 e. The van der Waals surface area contributed by atoms with E-state index in [1.807, 2.05) is 0 Å². The van der Waals surface area contributed by atoms with Gasteiger partial charge in [0.25, 0.3) is 0 Å². The Labute approximate surface area is 109 Å². The topological polar surface area (TPSA) is 52.6 Å². The molecule has 0 aliphatic rings. The number of hydrogen-bond acceptors (Lipinski definition) is 4. The summed E-state index contributed by atoms with van der Waals surface area (Å²) in [4.78, 5) is 24.3. The van der Waals surface area contributed by atoms with Gasteiger partial charge in [0, 0.05) is 0 Å². The fourth-order valence-electron chi connectivity index (χ4n) is 1.70. The molecular weight excluding hydrogens is 232 g/mol. The number of hydrogen-bond donors (Lipinski definition) is 0. The second-order valence-corrected chi connectivity index (χ2v) is 3.81. The van der Waals surface area contributed by atoms with Crippen LogP contribution in [0.5, 0.6) is 0 Å². The third-order valence-corrected chi connectivity index (χ3v) is 2.80. The van der Waals surface area contributed by atoms with Crippen LogP contribution < -0.4 is 0 Å². The van der Waals surface area contributed by atoms with E-state index in [1.54, 1.807) is 33.8 Å². The lowest BCUT2D eigenvalue weighted by Gasteiger charge is -2.29. The molecule has 0 bridgehead atoms. The van der Waals surface area contributed by atoms with Crippen molar-refractivity contribution in [3.05, 3.63) is 24.3 Å². The van der Waals surface area contributed by atoms with Crippen molar-refractivity contribution in [3.8, 4) is 0 Å². The molecule has 0 fully saturated rings. The minimum absolute atomic E-state index is 0.167. The number of carbonyl (C=O) groups excluding carboxylic acids is 2. The molecule has 0 N–H and O–H groups in total. The molecule has 4 nitrogen and oxygen atoms in total. The van der Waals surface area contributed by atoms with E-state index in [9.17, 15) is 9.59 Å². The molecule has 0 radical (unpaired) electrons. The van der Waals surface area contributed by atoms with E-state index < -0.39 is 17.4 Å². The van der Waals surface area contributed by atoms with Crippen LogP contribution in [-0.4, -0.2) is 25.2 Å². The van der Waals surface area contributed by atoms with E-state index >= 15 is 0 Å². The van der Waals surface area contributed by atoms with Gasteiger partial charge in [0.15, 0.2) is 5.41 Å². The first-order valence-electron chi connectivity index (χ1n) is 6.09. The molecule has 0 saturated heterocycles. The van der Waals surface area contributed by atoms with Crippen LogP contribution in [0.2, 0.25) is 0 Å². The van der Waals surface area contributed by atoms with Gasteiger partial charge in [0.05, 0.1) is 13.2 Å². The summed E-state index contributed by atoms with van der Waals surface area (Å²) >= 11 is 0. The fraction of sp³-hybridized carbons (Fsp3) is 0.571. The van der Waals surface area contributed by atoms with Crippen LogP contribution >= 0.6 is 0 Å². The standard InChI is InChI=1S/C14H22O4/c1-6-10-14(11(5)7-2,12(15)17-8-3)13(16)18-9-4/h6-7H,1,8-10H2,2-5H3/b11-7-. The molecule has 0 aromatic carbocycles. The van der Waals surface area contributed by atoms with Crippen molar-refractivity contribution in [1.29, 1.82) is 0 Å². The van der Waals surface area contributed by atoms with Crippen molar-refractivity contribution < 1.29 is 19.1 Å². The Morgan fingerprint density at radius 2 is 1.61 bits per heavy atom. The fourth-order valence-corrected chi connectivity index (χ4v) is 1.70. The highest BCUT2D eigenvalue weighted by molar-refractivity contribution is 6.03.